The molecule has 1 aromatic carbocycles. The quantitative estimate of drug-likeness (QED) is 0.506. The fraction of sp³-hybridized carbons (Fsp3) is 0.300. The molecule has 0 atom stereocenters. The largest absolute Gasteiger partial charge is 0.398 e. The Bertz CT molecular complexity index is 396. The minimum atomic E-state index is -0.688. The topological polar surface area (TPSA) is 90.4 Å². The summed E-state index contributed by atoms with van der Waals surface area (Å²) in [5.74, 6) is -1.22. The van der Waals surface area contributed by atoms with Crippen molar-refractivity contribution in [2.45, 2.75) is 0 Å². The number of rotatable bonds is 5. The lowest BCUT2D eigenvalue weighted by Crippen LogP contribution is -2.15. The third-order valence-electron chi connectivity index (χ3n) is 2.03. The summed E-state index contributed by atoms with van der Waals surface area (Å²) < 4.78 is 18.2. The number of hydrogen-bond acceptors (Lipinski definition) is 4. The molecule has 88 valence electrons. The molecule has 6 heteroatoms. The van der Waals surface area contributed by atoms with Gasteiger partial charge in [-0.25, -0.2) is 4.39 Å². The predicted molar refractivity (Wildman–Crippen MR) is 59.7 cm³/mol. The van der Waals surface area contributed by atoms with Crippen LogP contribution in [0, 0.1) is 5.82 Å². The van der Waals surface area contributed by atoms with E-state index in [0.717, 1.165) is 6.07 Å². The van der Waals surface area contributed by atoms with Crippen LogP contribution in [-0.2, 0) is 4.74 Å². The summed E-state index contributed by atoms with van der Waals surface area (Å²) in [5, 5.41) is 2.77. The maximum atomic E-state index is 13.4. The van der Waals surface area contributed by atoms with E-state index in [-0.39, 0.29) is 16.9 Å². The number of carbonyl (C=O) groups excluding carboxylic acids is 1. The number of amides is 1. The maximum absolute atomic E-state index is 13.4. The lowest BCUT2D eigenvalue weighted by atomic mass is 10.1. The van der Waals surface area contributed by atoms with Crippen molar-refractivity contribution >= 4 is 17.3 Å². The molecule has 0 aromatic heterocycles. The maximum Gasteiger partial charge on any atom is 0.250 e. The Balaban J connectivity index is 2.91. The number of anilines is 2. The summed E-state index contributed by atoms with van der Waals surface area (Å²) in [7, 11) is 1.54. The molecule has 16 heavy (non-hydrogen) atoms. The minimum Gasteiger partial charge on any atom is -0.398 e. The Hall–Kier alpha value is -1.82. The number of hydrogen-bond donors (Lipinski definition) is 3. The molecule has 0 radical (unpaired) electrons. The Kier molecular flexibility index (Phi) is 4.07. The number of nitrogen functional groups attached to an aromatic ring is 1. The van der Waals surface area contributed by atoms with Crippen LogP contribution in [0.4, 0.5) is 15.8 Å². The summed E-state index contributed by atoms with van der Waals surface area (Å²) in [4.78, 5) is 11.0. The molecular formula is C10H14FN3O2. The van der Waals surface area contributed by atoms with Gasteiger partial charge in [0.05, 0.1) is 17.9 Å². The van der Waals surface area contributed by atoms with Crippen molar-refractivity contribution in [3.05, 3.63) is 23.5 Å². The highest BCUT2D eigenvalue weighted by molar-refractivity contribution is 5.99. The second kappa shape index (κ2) is 5.32. The van der Waals surface area contributed by atoms with Crippen LogP contribution in [0.3, 0.4) is 0 Å². The number of methoxy groups -OCH3 is 1. The molecule has 0 fully saturated rings. The number of primary amides is 1. The SMILES string of the molecule is COCCNc1cc(C(N)=O)c(N)cc1F. The van der Waals surface area contributed by atoms with Crippen molar-refractivity contribution in [2.75, 3.05) is 31.3 Å². The van der Waals surface area contributed by atoms with Gasteiger partial charge in [0.15, 0.2) is 0 Å². The molecule has 0 saturated heterocycles. The van der Waals surface area contributed by atoms with Crippen LogP contribution in [0.25, 0.3) is 0 Å². The summed E-state index contributed by atoms with van der Waals surface area (Å²) in [6, 6.07) is 2.36. The molecule has 0 heterocycles. The van der Waals surface area contributed by atoms with E-state index < -0.39 is 11.7 Å². The van der Waals surface area contributed by atoms with E-state index in [9.17, 15) is 9.18 Å². The molecule has 0 saturated carbocycles. The average Bonchev–Trinajstić information content (AvgIpc) is 2.21. The van der Waals surface area contributed by atoms with E-state index >= 15 is 0 Å². The lowest BCUT2D eigenvalue weighted by Gasteiger charge is -2.10. The van der Waals surface area contributed by atoms with Crippen molar-refractivity contribution in [2.24, 2.45) is 5.73 Å². The van der Waals surface area contributed by atoms with Gasteiger partial charge < -0.3 is 21.5 Å². The Morgan fingerprint density at radius 2 is 2.25 bits per heavy atom. The second-order valence-corrected chi connectivity index (χ2v) is 3.20. The molecule has 0 spiro atoms. The van der Waals surface area contributed by atoms with E-state index in [1.807, 2.05) is 0 Å². The van der Waals surface area contributed by atoms with Gasteiger partial charge in [-0.2, -0.15) is 0 Å². The third kappa shape index (κ3) is 2.83. The number of halogens is 1. The normalized spacial score (nSPS) is 10.1. The molecule has 0 aliphatic rings. The fourth-order valence-electron chi connectivity index (χ4n) is 1.23. The molecule has 5 N–H and O–H groups in total. The molecule has 0 bridgehead atoms. The summed E-state index contributed by atoms with van der Waals surface area (Å²) in [6.45, 7) is 0.852. The lowest BCUT2D eigenvalue weighted by molar-refractivity contribution is 0.100. The Labute approximate surface area is 92.6 Å². The van der Waals surface area contributed by atoms with Crippen molar-refractivity contribution in [1.82, 2.24) is 0 Å². The Morgan fingerprint density at radius 3 is 2.81 bits per heavy atom. The van der Waals surface area contributed by atoms with E-state index in [0.29, 0.717) is 13.2 Å². The first-order chi connectivity index (χ1) is 7.56. The highest BCUT2D eigenvalue weighted by Gasteiger charge is 2.11. The van der Waals surface area contributed by atoms with Gasteiger partial charge in [0.25, 0.3) is 5.91 Å². The predicted octanol–water partition coefficient (Wildman–Crippen LogP) is 0.565. The fourth-order valence-corrected chi connectivity index (χ4v) is 1.23. The zero-order valence-corrected chi connectivity index (χ0v) is 8.92. The first-order valence-electron chi connectivity index (χ1n) is 4.68. The number of nitrogens with one attached hydrogen (secondary N) is 1. The van der Waals surface area contributed by atoms with Crippen molar-refractivity contribution in [1.29, 1.82) is 0 Å². The number of benzene rings is 1. The van der Waals surface area contributed by atoms with Gasteiger partial charge in [0.2, 0.25) is 0 Å². The van der Waals surface area contributed by atoms with Gasteiger partial charge in [-0.3, -0.25) is 4.79 Å². The summed E-state index contributed by atoms with van der Waals surface area (Å²) in [5.41, 5.74) is 10.9. The van der Waals surface area contributed by atoms with Gasteiger partial charge in [-0.15, -0.1) is 0 Å². The van der Waals surface area contributed by atoms with Gasteiger partial charge in [0, 0.05) is 19.3 Å². The van der Waals surface area contributed by atoms with Crippen LogP contribution in [-0.4, -0.2) is 26.2 Å². The van der Waals surface area contributed by atoms with Gasteiger partial charge in [-0.1, -0.05) is 0 Å². The molecule has 5 nitrogen and oxygen atoms in total. The van der Waals surface area contributed by atoms with Gasteiger partial charge in [-0.05, 0) is 12.1 Å². The minimum absolute atomic E-state index is 0.0299. The van der Waals surface area contributed by atoms with Crippen LogP contribution < -0.4 is 16.8 Å². The number of nitrogens with two attached hydrogens (primary N) is 2. The van der Waals surface area contributed by atoms with Crippen LogP contribution in [0.15, 0.2) is 12.1 Å². The van der Waals surface area contributed by atoms with E-state index in [1.165, 1.54) is 13.2 Å². The molecule has 0 aliphatic heterocycles. The van der Waals surface area contributed by atoms with Gasteiger partial charge in [0.1, 0.15) is 5.82 Å². The van der Waals surface area contributed by atoms with Crippen molar-refractivity contribution in [3.63, 3.8) is 0 Å². The smallest absolute Gasteiger partial charge is 0.250 e. The number of ether oxygens (including phenoxy) is 1. The van der Waals surface area contributed by atoms with E-state index in [4.69, 9.17) is 16.2 Å². The van der Waals surface area contributed by atoms with Crippen LogP contribution in [0.5, 0.6) is 0 Å². The van der Waals surface area contributed by atoms with Crippen molar-refractivity contribution in [3.8, 4) is 0 Å². The zero-order chi connectivity index (χ0) is 12.1. The summed E-state index contributed by atoms with van der Waals surface area (Å²) >= 11 is 0. The van der Waals surface area contributed by atoms with Crippen LogP contribution in [0.2, 0.25) is 0 Å². The average molecular weight is 227 g/mol. The molecule has 0 unspecified atom stereocenters. The van der Waals surface area contributed by atoms with Gasteiger partial charge >= 0.3 is 0 Å². The molecular weight excluding hydrogens is 213 g/mol. The van der Waals surface area contributed by atoms with Crippen LogP contribution in [0.1, 0.15) is 10.4 Å². The molecule has 1 amide bonds. The highest BCUT2D eigenvalue weighted by Crippen LogP contribution is 2.21. The van der Waals surface area contributed by atoms with Crippen molar-refractivity contribution < 1.29 is 13.9 Å². The van der Waals surface area contributed by atoms with E-state index in [1.54, 1.807) is 0 Å². The molecule has 1 rings (SSSR count). The third-order valence-corrected chi connectivity index (χ3v) is 2.03. The second-order valence-electron chi connectivity index (χ2n) is 3.20. The highest BCUT2D eigenvalue weighted by atomic mass is 19.1. The molecule has 0 aliphatic carbocycles. The first-order valence-corrected chi connectivity index (χ1v) is 4.68. The molecule has 1 aromatic rings. The van der Waals surface area contributed by atoms with E-state index in [2.05, 4.69) is 5.32 Å². The monoisotopic (exact) mass is 227 g/mol. The van der Waals surface area contributed by atoms with Crippen LogP contribution >= 0.6 is 0 Å². The summed E-state index contributed by atoms with van der Waals surface area (Å²) in [6.07, 6.45) is 0. The Morgan fingerprint density at radius 1 is 1.56 bits per heavy atom. The number of carbonyl (C=O) groups is 1. The zero-order valence-electron chi connectivity index (χ0n) is 8.92. The first kappa shape index (κ1) is 12.3. The standard InChI is InChI=1S/C10H14FN3O2/c1-16-3-2-14-9-4-6(10(13)15)8(12)5-7(9)11/h4-5,14H,2-3,12H2,1H3,(H2,13,15).